The molecule has 1 heterocycles. The molecule has 2 aromatic carbocycles. The van der Waals surface area contributed by atoms with Gasteiger partial charge < -0.3 is 15.0 Å². The van der Waals surface area contributed by atoms with Gasteiger partial charge >= 0.3 is 0 Å². The molecule has 0 radical (unpaired) electrons. The van der Waals surface area contributed by atoms with Gasteiger partial charge in [-0.15, -0.1) is 0 Å². The Balaban J connectivity index is 1.42. The van der Waals surface area contributed by atoms with Crippen LogP contribution in [0.2, 0.25) is 0 Å². The fraction of sp³-hybridized carbons (Fsp3) is 0.409. The van der Waals surface area contributed by atoms with E-state index in [1.165, 1.54) is 17.7 Å². The van der Waals surface area contributed by atoms with Gasteiger partial charge in [-0.05, 0) is 36.1 Å². The summed E-state index contributed by atoms with van der Waals surface area (Å²) in [6.45, 7) is 3.32. The topological polar surface area (TPSA) is 41.6 Å². The Hall–Kier alpha value is -2.24. The maximum Gasteiger partial charge on any atom is 0.223 e. The van der Waals surface area contributed by atoms with Gasteiger partial charge in [-0.3, -0.25) is 4.79 Å². The first-order chi connectivity index (χ1) is 13.2. The molecule has 3 rings (SSSR count). The summed E-state index contributed by atoms with van der Waals surface area (Å²) < 4.78 is 19.2. The normalized spacial score (nSPS) is 17.1. The van der Waals surface area contributed by atoms with E-state index in [2.05, 4.69) is 17.4 Å². The van der Waals surface area contributed by atoms with Crippen LogP contribution in [0.15, 0.2) is 54.6 Å². The second kappa shape index (κ2) is 10.2. The lowest BCUT2D eigenvalue weighted by Gasteiger charge is -2.36. The predicted octanol–water partition coefficient (Wildman–Crippen LogP) is 3.34. The number of hydrogen-bond acceptors (Lipinski definition) is 3. The summed E-state index contributed by atoms with van der Waals surface area (Å²) in [4.78, 5) is 14.5. The van der Waals surface area contributed by atoms with E-state index >= 15 is 0 Å². The molecule has 0 bridgehead atoms. The monoisotopic (exact) mass is 370 g/mol. The van der Waals surface area contributed by atoms with Crippen LogP contribution in [0.1, 0.15) is 30.0 Å². The molecule has 4 nitrogen and oxygen atoms in total. The van der Waals surface area contributed by atoms with Crippen molar-refractivity contribution in [3.8, 4) is 0 Å². The van der Waals surface area contributed by atoms with Crippen molar-refractivity contribution in [2.45, 2.75) is 25.3 Å². The molecule has 5 heteroatoms. The lowest BCUT2D eigenvalue weighted by Crippen LogP contribution is -2.48. The molecule has 1 atom stereocenters. The van der Waals surface area contributed by atoms with Gasteiger partial charge in [-0.2, -0.15) is 0 Å². The Morgan fingerprint density at radius 2 is 2.00 bits per heavy atom. The van der Waals surface area contributed by atoms with Gasteiger partial charge in [0.15, 0.2) is 0 Å². The van der Waals surface area contributed by atoms with Crippen molar-refractivity contribution in [3.05, 3.63) is 71.5 Å². The Kier molecular flexibility index (Phi) is 7.36. The summed E-state index contributed by atoms with van der Waals surface area (Å²) in [6, 6.07) is 16.6. The second-order valence-electron chi connectivity index (χ2n) is 6.81. The van der Waals surface area contributed by atoms with Crippen molar-refractivity contribution in [3.63, 3.8) is 0 Å². The van der Waals surface area contributed by atoms with Gasteiger partial charge in [0.25, 0.3) is 0 Å². The lowest BCUT2D eigenvalue weighted by molar-refractivity contribution is -0.135. The number of nitrogens with one attached hydrogen (secondary N) is 1. The van der Waals surface area contributed by atoms with E-state index in [9.17, 15) is 9.18 Å². The third kappa shape index (κ3) is 5.88. The summed E-state index contributed by atoms with van der Waals surface area (Å²) in [5, 5.41) is 3.30. The van der Waals surface area contributed by atoms with E-state index in [0.717, 1.165) is 18.5 Å². The molecule has 1 unspecified atom stereocenters. The number of rotatable bonds is 8. The molecular weight excluding hydrogens is 343 g/mol. The van der Waals surface area contributed by atoms with Gasteiger partial charge in [0.05, 0.1) is 12.6 Å². The van der Waals surface area contributed by atoms with Crippen LogP contribution < -0.4 is 5.32 Å². The van der Waals surface area contributed by atoms with Gasteiger partial charge in [0.2, 0.25) is 5.91 Å². The van der Waals surface area contributed by atoms with Crippen LogP contribution in [-0.4, -0.2) is 43.7 Å². The van der Waals surface area contributed by atoms with Crippen LogP contribution in [0.3, 0.4) is 0 Å². The van der Waals surface area contributed by atoms with Crippen LogP contribution in [0.5, 0.6) is 0 Å². The van der Waals surface area contributed by atoms with Crippen LogP contribution >= 0.6 is 0 Å². The highest BCUT2D eigenvalue weighted by molar-refractivity contribution is 5.77. The largest absolute Gasteiger partial charge is 0.381 e. The first-order valence-electron chi connectivity index (χ1n) is 9.61. The van der Waals surface area contributed by atoms with Gasteiger partial charge in [0, 0.05) is 32.7 Å². The Morgan fingerprint density at radius 1 is 1.15 bits per heavy atom. The minimum absolute atomic E-state index is 0.109. The quantitative estimate of drug-likeness (QED) is 0.725. The Morgan fingerprint density at radius 3 is 2.81 bits per heavy atom. The molecule has 1 saturated heterocycles. The highest BCUT2D eigenvalue weighted by atomic mass is 19.1. The van der Waals surface area contributed by atoms with Crippen molar-refractivity contribution in [2.24, 2.45) is 0 Å². The van der Waals surface area contributed by atoms with Crippen molar-refractivity contribution >= 4 is 5.91 Å². The SMILES string of the molecule is O=C(CCCOCCc1ccccc1)N1CCNCC1c1cccc(F)c1. The zero-order valence-corrected chi connectivity index (χ0v) is 15.6. The lowest BCUT2D eigenvalue weighted by atomic mass is 10.0. The summed E-state index contributed by atoms with van der Waals surface area (Å²) in [5.74, 6) is -0.158. The van der Waals surface area contributed by atoms with Crippen LogP contribution in [0.4, 0.5) is 4.39 Å². The molecule has 0 saturated carbocycles. The number of amides is 1. The summed E-state index contributed by atoms with van der Waals surface area (Å²) >= 11 is 0. The number of piperazine rings is 1. The highest BCUT2D eigenvalue weighted by Crippen LogP contribution is 2.23. The van der Waals surface area contributed by atoms with E-state index in [-0.39, 0.29) is 17.8 Å². The average Bonchev–Trinajstić information content (AvgIpc) is 2.71. The molecule has 144 valence electrons. The maximum atomic E-state index is 13.6. The predicted molar refractivity (Wildman–Crippen MR) is 104 cm³/mol. The number of carbonyl (C=O) groups excluding carboxylic acids is 1. The zero-order chi connectivity index (χ0) is 18.9. The van der Waals surface area contributed by atoms with Crippen LogP contribution in [0.25, 0.3) is 0 Å². The highest BCUT2D eigenvalue weighted by Gasteiger charge is 2.27. The summed E-state index contributed by atoms with van der Waals surface area (Å²) in [6.07, 6.45) is 2.04. The first-order valence-corrected chi connectivity index (χ1v) is 9.61. The van der Waals surface area contributed by atoms with Crippen LogP contribution in [-0.2, 0) is 16.0 Å². The smallest absolute Gasteiger partial charge is 0.223 e. The van der Waals surface area contributed by atoms with E-state index in [0.29, 0.717) is 39.1 Å². The molecular formula is C22H27FN2O2. The van der Waals surface area contributed by atoms with Gasteiger partial charge in [-0.25, -0.2) is 4.39 Å². The molecule has 0 aromatic heterocycles. The third-order valence-corrected chi connectivity index (χ3v) is 4.85. The molecule has 0 aliphatic carbocycles. The number of hydrogen-bond donors (Lipinski definition) is 1. The van der Waals surface area contributed by atoms with Crippen molar-refractivity contribution < 1.29 is 13.9 Å². The molecule has 2 aromatic rings. The van der Waals surface area contributed by atoms with Crippen molar-refractivity contribution in [1.29, 1.82) is 0 Å². The van der Waals surface area contributed by atoms with E-state index in [1.807, 2.05) is 29.2 Å². The second-order valence-corrected chi connectivity index (χ2v) is 6.81. The van der Waals surface area contributed by atoms with Gasteiger partial charge in [0.1, 0.15) is 5.82 Å². The maximum absolute atomic E-state index is 13.6. The molecule has 1 fully saturated rings. The average molecular weight is 370 g/mol. The Labute approximate surface area is 160 Å². The number of benzene rings is 2. The molecule has 1 amide bonds. The summed E-state index contributed by atoms with van der Waals surface area (Å²) in [7, 11) is 0. The molecule has 0 spiro atoms. The van der Waals surface area contributed by atoms with E-state index < -0.39 is 0 Å². The standard InChI is InChI=1S/C22H27FN2O2/c23-20-9-4-8-19(16-20)21-17-24-12-13-25(21)22(26)10-5-14-27-15-11-18-6-2-1-3-7-18/h1-4,6-9,16,21,24H,5,10-15,17H2. The fourth-order valence-corrected chi connectivity index (χ4v) is 3.42. The minimum atomic E-state index is -0.266. The van der Waals surface area contributed by atoms with Crippen molar-refractivity contribution in [2.75, 3.05) is 32.8 Å². The first kappa shape index (κ1) is 19.5. The Bertz CT molecular complexity index is 723. The minimum Gasteiger partial charge on any atom is -0.381 e. The van der Waals surface area contributed by atoms with Crippen LogP contribution in [0, 0.1) is 5.82 Å². The molecule has 1 aliphatic heterocycles. The zero-order valence-electron chi connectivity index (χ0n) is 15.6. The van der Waals surface area contributed by atoms with E-state index in [1.54, 1.807) is 6.07 Å². The molecule has 27 heavy (non-hydrogen) atoms. The summed E-state index contributed by atoms with van der Waals surface area (Å²) in [5.41, 5.74) is 2.10. The van der Waals surface area contributed by atoms with E-state index in [4.69, 9.17) is 4.74 Å². The number of nitrogens with zero attached hydrogens (tertiary/aromatic N) is 1. The molecule has 1 aliphatic rings. The number of carbonyl (C=O) groups is 1. The number of ether oxygens (including phenoxy) is 1. The number of halogens is 1. The van der Waals surface area contributed by atoms with Gasteiger partial charge in [-0.1, -0.05) is 42.5 Å². The van der Waals surface area contributed by atoms with Crippen molar-refractivity contribution in [1.82, 2.24) is 10.2 Å². The third-order valence-electron chi connectivity index (χ3n) is 4.85. The fourth-order valence-electron chi connectivity index (χ4n) is 3.42. The molecule has 1 N–H and O–H groups in total.